The van der Waals surface area contributed by atoms with Crippen molar-refractivity contribution >= 4 is 17.3 Å². The van der Waals surface area contributed by atoms with Gasteiger partial charge in [-0.25, -0.2) is 9.78 Å². The van der Waals surface area contributed by atoms with Crippen LogP contribution >= 0.6 is 11.3 Å². The molecule has 0 bridgehead atoms. The van der Waals surface area contributed by atoms with Crippen LogP contribution < -0.4 is 0 Å². The minimum absolute atomic E-state index is 0.287. The van der Waals surface area contributed by atoms with Gasteiger partial charge >= 0.3 is 5.97 Å². The summed E-state index contributed by atoms with van der Waals surface area (Å²) in [6.07, 6.45) is 6.15. The molecule has 19 heavy (non-hydrogen) atoms. The summed E-state index contributed by atoms with van der Waals surface area (Å²) in [4.78, 5) is 16.0. The van der Waals surface area contributed by atoms with E-state index < -0.39 is 5.97 Å². The molecule has 0 spiro atoms. The fourth-order valence-electron chi connectivity index (χ4n) is 2.22. The van der Waals surface area contributed by atoms with Gasteiger partial charge in [0.25, 0.3) is 0 Å². The first-order chi connectivity index (χ1) is 9.29. The molecule has 0 aromatic carbocycles. The van der Waals surface area contributed by atoms with Gasteiger partial charge in [-0.1, -0.05) is 11.3 Å². The van der Waals surface area contributed by atoms with Crippen molar-refractivity contribution in [1.29, 1.82) is 0 Å². The number of nitrogens with zero attached hydrogens (tertiary/aromatic N) is 4. The number of rotatable bonds is 3. The van der Waals surface area contributed by atoms with Crippen LogP contribution in [0.1, 0.15) is 41.0 Å². The zero-order chi connectivity index (χ0) is 13.2. The molecular formula is C12H14N4O2S. The average molecular weight is 278 g/mol. The van der Waals surface area contributed by atoms with Crippen LogP contribution in [-0.4, -0.2) is 32.3 Å². The van der Waals surface area contributed by atoms with E-state index in [1.165, 1.54) is 29.9 Å². The molecule has 0 aliphatic heterocycles. The number of ether oxygens (including phenoxy) is 1. The van der Waals surface area contributed by atoms with Crippen LogP contribution in [0.5, 0.6) is 0 Å². The van der Waals surface area contributed by atoms with Gasteiger partial charge in [0.2, 0.25) is 10.1 Å². The highest BCUT2D eigenvalue weighted by molar-refractivity contribution is 7.15. The molecule has 1 aliphatic rings. The first-order valence-corrected chi connectivity index (χ1v) is 7.17. The number of hydrogen-bond donors (Lipinski definition) is 0. The van der Waals surface area contributed by atoms with Crippen LogP contribution in [0.25, 0.3) is 5.13 Å². The van der Waals surface area contributed by atoms with E-state index in [0.29, 0.717) is 11.7 Å². The molecule has 0 atom stereocenters. The van der Waals surface area contributed by atoms with E-state index in [1.807, 2.05) is 4.57 Å². The molecule has 1 aliphatic carbocycles. The zero-order valence-corrected chi connectivity index (χ0v) is 11.4. The van der Waals surface area contributed by atoms with Gasteiger partial charge in [-0.05, 0) is 32.6 Å². The second-order valence-electron chi connectivity index (χ2n) is 4.33. The molecule has 0 amide bonds. The molecule has 6 nitrogen and oxygen atoms in total. The van der Waals surface area contributed by atoms with Crippen LogP contribution in [0, 0.1) is 0 Å². The maximum atomic E-state index is 11.6. The topological polar surface area (TPSA) is 69.9 Å². The Morgan fingerprint density at radius 2 is 2.26 bits per heavy atom. The van der Waals surface area contributed by atoms with Crippen molar-refractivity contribution in [2.24, 2.45) is 0 Å². The van der Waals surface area contributed by atoms with E-state index in [4.69, 9.17) is 4.74 Å². The van der Waals surface area contributed by atoms with Crippen LogP contribution in [0.3, 0.4) is 0 Å². The third-order valence-electron chi connectivity index (χ3n) is 3.10. The first kappa shape index (κ1) is 12.3. The lowest BCUT2D eigenvalue weighted by molar-refractivity contribution is 0.0525. The molecule has 3 rings (SSSR count). The number of esters is 1. The number of aryl methyl sites for hydroxylation is 1. The third-order valence-corrected chi connectivity index (χ3v) is 4.00. The van der Waals surface area contributed by atoms with Gasteiger partial charge in [0.15, 0.2) is 0 Å². The van der Waals surface area contributed by atoms with E-state index in [9.17, 15) is 4.79 Å². The fraction of sp³-hybridized carbons (Fsp3) is 0.500. The Bertz CT molecular complexity index is 605. The summed E-state index contributed by atoms with van der Waals surface area (Å²) in [5.74, 6) is -0.416. The van der Waals surface area contributed by atoms with E-state index in [1.54, 1.807) is 13.3 Å². The van der Waals surface area contributed by atoms with Crippen molar-refractivity contribution in [2.75, 3.05) is 6.61 Å². The van der Waals surface area contributed by atoms with Gasteiger partial charge in [0.1, 0.15) is 6.33 Å². The Morgan fingerprint density at radius 3 is 3.11 bits per heavy atom. The second kappa shape index (κ2) is 5.08. The standard InChI is InChI=1S/C12H14N4O2S/c1-2-18-11(17)10-14-15-12(19-10)16-7-13-8-5-3-4-6-9(8)16/h7H,2-6H2,1H3. The van der Waals surface area contributed by atoms with Gasteiger partial charge in [-0.2, -0.15) is 0 Å². The van der Waals surface area contributed by atoms with E-state index in [-0.39, 0.29) is 5.01 Å². The normalized spacial score (nSPS) is 14.2. The smallest absolute Gasteiger partial charge is 0.369 e. The number of carbonyl (C=O) groups excluding carboxylic acids is 1. The van der Waals surface area contributed by atoms with Gasteiger partial charge in [0.05, 0.1) is 12.3 Å². The molecule has 7 heteroatoms. The highest BCUT2D eigenvalue weighted by Crippen LogP contribution is 2.24. The molecule has 0 saturated carbocycles. The summed E-state index contributed by atoms with van der Waals surface area (Å²) in [7, 11) is 0. The van der Waals surface area contributed by atoms with Crippen molar-refractivity contribution in [3.63, 3.8) is 0 Å². The van der Waals surface area contributed by atoms with Crippen molar-refractivity contribution < 1.29 is 9.53 Å². The summed E-state index contributed by atoms with van der Waals surface area (Å²) in [6, 6.07) is 0. The third kappa shape index (κ3) is 2.25. The molecule has 0 N–H and O–H groups in total. The van der Waals surface area contributed by atoms with Crippen LogP contribution in [-0.2, 0) is 17.6 Å². The SMILES string of the molecule is CCOC(=O)c1nnc(-n2cnc3c2CCCC3)s1. The maximum absolute atomic E-state index is 11.6. The lowest BCUT2D eigenvalue weighted by Gasteiger charge is -2.11. The quantitative estimate of drug-likeness (QED) is 0.800. The Balaban J connectivity index is 1.90. The van der Waals surface area contributed by atoms with Crippen molar-refractivity contribution in [3.8, 4) is 5.13 Å². The molecule has 0 unspecified atom stereocenters. The van der Waals surface area contributed by atoms with E-state index in [2.05, 4.69) is 15.2 Å². The number of imidazole rings is 1. The van der Waals surface area contributed by atoms with Crippen LogP contribution in [0.4, 0.5) is 0 Å². The minimum atomic E-state index is -0.416. The summed E-state index contributed by atoms with van der Waals surface area (Å²) in [5.41, 5.74) is 2.33. The second-order valence-corrected chi connectivity index (χ2v) is 5.28. The maximum Gasteiger partial charge on any atom is 0.369 e. The van der Waals surface area contributed by atoms with Crippen LogP contribution in [0.2, 0.25) is 0 Å². The monoisotopic (exact) mass is 278 g/mol. The zero-order valence-electron chi connectivity index (χ0n) is 10.6. The lowest BCUT2D eigenvalue weighted by atomic mass is 10.0. The predicted molar refractivity (Wildman–Crippen MR) is 69.6 cm³/mol. The summed E-state index contributed by atoms with van der Waals surface area (Å²) in [5, 5.41) is 8.91. The Kier molecular flexibility index (Phi) is 3.29. The summed E-state index contributed by atoms with van der Waals surface area (Å²) >= 11 is 1.24. The van der Waals surface area contributed by atoms with Crippen LogP contribution in [0.15, 0.2) is 6.33 Å². The van der Waals surface area contributed by atoms with Gasteiger partial charge in [0, 0.05) is 5.69 Å². The van der Waals surface area contributed by atoms with Gasteiger partial charge in [-0.15, -0.1) is 10.2 Å². The molecule has 2 aromatic rings. The minimum Gasteiger partial charge on any atom is -0.461 e. The predicted octanol–water partition coefficient (Wildman–Crippen LogP) is 1.78. The van der Waals surface area contributed by atoms with Crippen molar-refractivity contribution in [3.05, 3.63) is 22.7 Å². The Labute approximate surface area is 114 Å². The molecule has 2 aromatic heterocycles. The van der Waals surface area contributed by atoms with Crippen molar-refractivity contribution in [2.45, 2.75) is 32.6 Å². The summed E-state index contributed by atoms with van der Waals surface area (Å²) in [6.45, 7) is 2.11. The molecular weight excluding hydrogens is 264 g/mol. The van der Waals surface area contributed by atoms with Gasteiger partial charge in [-0.3, -0.25) is 4.57 Å². The number of aromatic nitrogens is 4. The van der Waals surface area contributed by atoms with E-state index >= 15 is 0 Å². The Hall–Kier alpha value is -1.76. The largest absolute Gasteiger partial charge is 0.461 e. The number of fused-ring (bicyclic) bond motifs is 1. The van der Waals surface area contributed by atoms with Crippen molar-refractivity contribution in [1.82, 2.24) is 19.7 Å². The molecule has 0 radical (unpaired) electrons. The fourth-order valence-corrected chi connectivity index (χ4v) is 2.96. The summed E-state index contributed by atoms with van der Waals surface area (Å²) < 4.78 is 6.85. The highest BCUT2D eigenvalue weighted by Gasteiger charge is 2.20. The molecule has 2 heterocycles. The molecule has 0 saturated heterocycles. The first-order valence-electron chi connectivity index (χ1n) is 6.35. The highest BCUT2D eigenvalue weighted by atomic mass is 32.1. The van der Waals surface area contributed by atoms with Gasteiger partial charge < -0.3 is 4.74 Å². The average Bonchev–Trinajstić information content (AvgIpc) is 3.05. The van der Waals surface area contributed by atoms with E-state index in [0.717, 1.165) is 18.5 Å². The number of carbonyl (C=O) groups is 1. The Morgan fingerprint density at radius 1 is 1.42 bits per heavy atom. The molecule has 0 fully saturated rings. The number of hydrogen-bond acceptors (Lipinski definition) is 6. The lowest BCUT2D eigenvalue weighted by Crippen LogP contribution is -2.06. The molecule has 100 valence electrons.